The third-order valence-electron chi connectivity index (χ3n) is 4.11. The van der Waals surface area contributed by atoms with Gasteiger partial charge >= 0.3 is 0 Å². The lowest BCUT2D eigenvalue weighted by Crippen LogP contribution is -2.31. The number of carbonyl (C=O) groups excluding carboxylic acids is 2. The molecule has 1 aromatic rings. The highest BCUT2D eigenvalue weighted by Gasteiger charge is 2.30. The molecule has 106 valence electrons. The molecule has 3 rings (SSSR count). The number of para-hydroxylation sites is 1. The number of benzene rings is 1. The van der Waals surface area contributed by atoms with E-state index in [0.29, 0.717) is 0 Å². The van der Waals surface area contributed by atoms with Crippen molar-refractivity contribution < 1.29 is 9.59 Å². The van der Waals surface area contributed by atoms with Gasteiger partial charge < -0.3 is 4.90 Å². The van der Waals surface area contributed by atoms with E-state index in [2.05, 4.69) is 11.0 Å². The van der Waals surface area contributed by atoms with E-state index < -0.39 is 0 Å². The van der Waals surface area contributed by atoms with Gasteiger partial charge in [-0.2, -0.15) is 0 Å². The number of Topliss-reactive ketones (excluding diaryl/α,β-unsaturated/α-hetero) is 1. The zero-order valence-corrected chi connectivity index (χ0v) is 11.7. The van der Waals surface area contributed by atoms with Crippen LogP contribution < -0.4 is 4.90 Å². The molecule has 2 saturated heterocycles. The highest BCUT2D eigenvalue weighted by molar-refractivity contribution is 6.15. The molecule has 1 amide bonds. The van der Waals surface area contributed by atoms with E-state index in [1.54, 1.807) is 4.90 Å². The minimum atomic E-state index is -0.0684. The largest absolute Gasteiger partial charge is 0.304 e. The van der Waals surface area contributed by atoms with Crippen molar-refractivity contribution in [2.24, 2.45) is 0 Å². The van der Waals surface area contributed by atoms with Crippen LogP contribution in [0.25, 0.3) is 0 Å². The smallest absolute Gasteiger partial charge is 0.234 e. The van der Waals surface area contributed by atoms with Crippen molar-refractivity contribution in [3.8, 4) is 0 Å². The number of carbonyl (C=O) groups is 2. The summed E-state index contributed by atoms with van der Waals surface area (Å²) in [5.74, 6) is -0.0520. The molecule has 0 radical (unpaired) electrons. The molecule has 4 nitrogen and oxygen atoms in total. The number of nitrogens with zero attached hydrogens (tertiary/aromatic N) is 2. The fourth-order valence-electron chi connectivity index (χ4n) is 3.07. The van der Waals surface area contributed by atoms with Crippen molar-refractivity contribution in [2.45, 2.75) is 32.2 Å². The second-order valence-electron chi connectivity index (χ2n) is 5.66. The fraction of sp³-hybridized carbons (Fsp3) is 0.500. The molecule has 2 aliphatic rings. The Morgan fingerprint density at radius 1 is 1.00 bits per heavy atom. The van der Waals surface area contributed by atoms with Gasteiger partial charge in [0, 0.05) is 12.2 Å². The summed E-state index contributed by atoms with van der Waals surface area (Å²) in [6.07, 6.45) is 3.88. The number of anilines is 1. The number of hydrogen-bond donors (Lipinski definition) is 0. The molecule has 0 atom stereocenters. The molecule has 0 unspecified atom stereocenters. The van der Waals surface area contributed by atoms with Gasteiger partial charge in [0.2, 0.25) is 5.91 Å². The molecule has 0 saturated carbocycles. The highest BCUT2D eigenvalue weighted by atomic mass is 16.2. The van der Waals surface area contributed by atoms with Gasteiger partial charge in [-0.25, -0.2) is 0 Å². The Kier molecular flexibility index (Phi) is 3.83. The molecule has 0 aliphatic carbocycles. The van der Waals surface area contributed by atoms with Gasteiger partial charge in [-0.3, -0.25) is 14.5 Å². The summed E-state index contributed by atoms with van der Waals surface area (Å²) in [6, 6.07) is 7.96. The van der Waals surface area contributed by atoms with Crippen LogP contribution in [0.15, 0.2) is 24.3 Å². The first-order valence-corrected chi connectivity index (χ1v) is 7.36. The summed E-state index contributed by atoms with van der Waals surface area (Å²) in [4.78, 5) is 27.5. The average Bonchev–Trinajstić information content (AvgIpc) is 2.79. The average molecular weight is 272 g/mol. The summed E-state index contributed by atoms with van der Waals surface area (Å²) < 4.78 is 0. The van der Waals surface area contributed by atoms with E-state index in [9.17, 15) is 9.59 Å². The van der Waals surface area contributed by atoms with E-state index in [-0.39, 0.29) is 24.7 Å². The van der Waals surface area contributed by atoms with Crippen molar-refractivity contribution >= 4 is 17.4 Å². The predicted octanol–water partition coefficient (Wildman–Crippen LogP) is 1.98. The fourth-order valence-corrected chi connectivity index (χ4v) is 3.07. The molecular weight excluding hydrogens is 252 g/mol. The van der Waals surface area contributed by atoms with Crippen molar-refractivity contribution in [2.75, 3.05) is 24.5 Å². The van der Waals surface area contributed by atoms with Gasteiger partial charge in [-0.1, -0.05) is 24.6 Å². The number of rotatable bonds is 3. The summed E-state index contributed by atoms with van der Waals surface area (Å²) in [7, 11) is 0. The van der Waals surface area contributed by atoms with Crippen LogP contribution in [0.2, 0.25) is 0 Å². The van der Waals surface area contributed by atoms with Crippen molar-refractivity contribution in [1.82, 2.24) is 4.90 Å². The van der Waals surface area contributed by atoms with Crippen molar-refractivity contribution in [3.05, 3.63) is 29.8 Å². The third kappa shape index (κ3) is 2.75. The normalized spacial score (nSPS) is 20.7. The number of ketones is 1. The first-order chi connectivity index (χ1) is 9.74. The maximum absolute atomic E-state index is 11.9. The molecule has 2 heterocycles. The van der Waals surface area contributed by atoms with Gasteiger partial charge in [-0.15, -0.1) is 0 Å². The van der Waals surface area contributed by atoms with Crippen LogP contribution in [0.4, 0.5) is 5.69 Å². The van der Waals surface area contributed by atoms with Crippen molar-refractivity contribution in [3.63, 3.8) is 0 Å². The second-order valence-corrected chi connectivity index (χ2v) is 5.66. The zero-order chi connectivity index (χ0) is 13.9. The molecule has 2 fully saturated rings. The molecule has 0 bridgehead atoms. The minimum Gasteiger partial charge on any atom is -0.304 e. The summed E-state index contributed by atoms with van der Waals surface area (Å²) in [5, 5.41) is 0. The molecule has 0 spiro atoms. The standard InChI is InChI=1S/C16H20N2O2/c19-14-10-16(20)18(12-14)15-7-3-2-6-13(15)11-17-8-4-1-5-9-17/h2-3,6-7H,1,4-5,8-12H2. The Bertz CT molecular complexity index is 521. The Labute approximate surface area is 119 Å². The molecule has 0 aromatic heterocycles. The van der Waals surface area contributed by atoms with Crippen LogP contribution in [0, 0.1) is 0 Å². The number of likely N-dealkylation sites (tertiary alicyclic amines) is 1. The van der Waals surface area contributed by atoms with Crippen LogP contribution in [0.1, 0.15) is 31.2 Å². The van der Waals surface area contributed by atoms with E-state index >= 15 is 0 Å². The van der Waals surface area contributed by atoms with Crippen LogP contribution >= 0.6 is 0 Å². The highest BCUT2D eigenvalue weighted by Crippen LogP contribution is 2.26. The van der Waals surface area contributed by atoms with Crippen LogP contribution in [-0.4, -0.2) is 36.2 Å². The van der Waals surface area contributed by atoms with Gasteiger partial charge in [-0.05, 0) is 37.6 Å². The quantitative estimate of drug-likeness (QED) is 0.790. The molecular formula is C16H20N2O2. The first kappa shape index (κ1) is 13.3. The Hall–Kier alpha value is -1.68. The van der Waals surface area contributed by atoms with Gasteiger partial charge in [0.05, 0.1) is 13.0 Å². The Morgan fingerprint density at radius 2 is 1.75 bits per heavy atom. The number of hydrogen-bond acceptors (Lipinski definition) is 3. The number of amides is 1. The van der Waals surface area contributed by atoms with E-state index in [1.165, 1.54) is 19.3 Å². The molecule has 2 aliphatic heterocycles. The third-order valence-corrected chi connectivity index (χ3v) is 4.11. The maximum Gasteiger partial charge on any atom is 0.234 e. The summed E-state index contributed by atoms with van der Waals surface area (Å²) >= 11 is 0. The number of piperidine rings is 1. The lowest BCUT2D eigenvalue weighted by atomic mass is 10.1. The monoisotopic (exact) mass is 272 g/mol. The SMILES string of the molecule is O=C1CC(=O)N(c2ccccc2CN2CCCCC2)C1. The summed E-state index contributed by atoms with van der Waals surface area (Å²) in [6.45, 7) is 3.35. The minimum absolute atomic E-state index is 0.0165. The predicted molar refractivity (Wildman–Crippen MR) is 77.5 cm³/mol. The lowest BCUT2D eigenvalue weighted by molar-refractivity contribution is -0.121. The van der Waals surface area contributed by atoms with Gasteiger partial charge in [0.1, 0.15) is 0 Å². The molecule has 1 aromatic carbocycles. The van der Waals surface area contributed by atoms with Crippen LogP contribution in [0.5, 0.6) is 0 Å². The zero-order valence-electron chi connectivity index (χ0n) is 11.7. The van der Waals surface area contributed by atoms with E-state index in [0.717, 1.165) is 30.9 Å². The molecule has 20 heavy (non-hydrogen) atoms. The van der Waals surface area contributed by atoms with Crippen molar-refractivity contribution in [1.29, 1.82) is 0 Å². The van der Waals surface area contributed by atoms with E-state index in [4.69, 9.17) is 0 Å². The van der Waals surface area contributed by atoms with Crippen LogP contribution in [0.3, 0.4) is 0 Å². The van der Waals surface area contributed by atoms with E-state index in [1.807, 2.05) is 18.2 Å². The molecule has 4 heteroatoms. The van der Waals surface area contributed by atoms with Gasteiger partial charge in [0.15, 0.2) is 5.78 Å². The van der Waals surface area contributed by atoms with Gasteiger partial charge in [0.25, 0.3) is 0 Å². The lowest BCUT2D eigenvalue weighted by Gasteiger charge is -2.28. The van der Waals surface area contributed by atoms with Crippen LogP contribution in [-0.2, 0) is 16.1 Å². The topological polar surface area (TPSA) is 40.6 Å². The first-order valence-electron chi connectivity index (χ1n) is 7.36. The summed E-state index contributed by atoms with van der Waals surface area (Å²) in [5.41, 5.74) is 2.06. The second kappa shape index (κ2) is 5.75. The maximum atomic E-state index is 11.9. The Morgan fingerprint density at radius 3 is 2.45 bits per heavy atom. The Balaban J connectivity index is 1.80. The molecule has 0 N–H and O–H groups in total.